The number of thioether (sulfide) groups is 1. The molecule has 19 heavy (non-hydrogen) atoms. The Kier molecular flexibility index (Phi) is 4.06. The molecule has 2 rings (SSSR count). The van der Waals surface area contributed by atoms with Gasteiger partial charge in [-0.2, -0.15) is 11.8 Å². The van der Waals surface area contributed by atoms with Crippen LogP contribution in [0.2, 0.25) is 0 Å². The van der Waals surface area contributed by atoms with Crippen LogP contribution in [0.15, 0.2) is 29.1 Å². The van der Waals surface area contributed by atoms with Gasteiger partial charge in [0.05, 0.1) is 0 Å². The molecule has 7 heteroatoms. The third kappa shape index (κ3) is 3.25. The number of aromatic nitrogens is 3. The van der Waals surface area contributed by atoms with E-state index in [1.165, 1.54) is 0 Å². The molecule has 0 aliphatic carbocycles. The summed E-state index contributed by atoms with van der Waals surface area (Å²) < 4.78 is 0. The third-order valence-electron chi connectivity index (χ3n) is 2.68. The largest absolute Gasteiger partial charge is 0.341 e. The quantitative estimate of drug-likeness (QED) is 0.795. The van der Waals surface area contributed by atoms with Crippen molar-refractivity contribution in [2.45, 2.75) is 12.2 Å². The van der Waals surface area contributed by atoms with Gasteiger partial charge in [-0.05, 0) is 30.9 Å². The Labute approximate surface area is 114 Å². The second kappa shape index (κ2) is 5.75. The number of rotatable bonds is 4. The fraction of sp³-hybridized carbons (Fsp3) is 0.250. The van der Waals surface area contributed by atoms with Crippen LogP contribution in [0.1, 0.15) is 28.4 Å². The molecule has 0 bridgehead atoms. The highest BCUT2D eigenvalue weighted by Crippen LogP contribution is 2.27. The first-order valence-corrected chi connectivity index (χ1v) is 6.97. The van der Waals surface area contributed by atoms with Gasteiger partial charge < -0.3 is 5.32 Å². The summed E-state index contributed by atoms with van der Waals surface area (Å²) in [4.78, 5) is 25.0. The summed E-state index contributed by atoms with van der Waals surface area (Å²) in [7, 11) is 0. The predicted molar refractivity (Wildman–Crippen MR) is 75.5 cm³/mol. The summed E-state index contributed by atoms with van der Waals surface area (Å²) in [5, 5.41) is 8.76. The predicted octanol–water partition coefficient (Wildman–Crippen LogP) is 1.77. The Morgan fingerprint density at radius 1 is 1.47 bits per heavy atom. The Balaban J connectivity index is 2.15. The molecule has 100 valence electrons. The molecule has 2 aromatic rings. The maximum absolute atomic E-state index is 11.8. The van der Waals surface area contributed by atoms with Crippen LogP contribution in [0.3, 0.4) is 0 Å². The molecule has 1 heterocycles. The van der Waals surface area contributed by atoms with Gasteiger partial charge in [-0.1, -0.05) is 12.1 Å². The van der Waals surface area contributed by atoms with Crippen molar-refractivity contribution in [2.75, 3.05) is 11.6 Å². The number of carbonyl (C=O) groups excluding carboxylic acids is 1. The SMILES string of the molecule is CS[C@H](C)c1cccc(NC(=O)c2n[nH]c(=O)[nH]2)c1. The van der Waals surface area contributed by atoms with E-state index in [0.29, 0.717) is 10.9 Å². The van der Waals surface area contributed by atoms with Crippen LogP contribution in [0.5, 0.6) is 0 Å². The van der Waals surface area contributed by atoms with Gasteiger partial charge in [-0.3, -0.25) is 9.78 Å². The van der Waals surface area contributed by atoms with Crippen LogP contribution < -0.4 is 11.0 Å². The lowest BCUT2D eigenvalue weighted by molar-refractivity contribution is 0.101. The third-order valence-corrected chi connectivity index (χ3v) is 3.66. The van der Waals surface area contributed by atoms with Crippen molar-refractivity contribution in [1.82, 2.24) is 15.2 Å². The maximum atomic E-state index is 11.8. The Hall–Kier alpha value is -2.02. The van der Waals surface area contributed by atoms with Crippen molar-refractivity contribution in [2.24, 2.45) is 0 Å². The first kappa shape index (κ1) is 13.4. The molecule has 0 spiro atoms. The number of anilines is 1. The summed E-state index contributed by atoms with van der Waals surface area (Å²) in [5.74, 6) is -0.486. The zero-order valence-electron chi connectivity index (χ0n) is 10.6. The average Bonchev–Trinajstić information content (AvgIpc) is 2.85. The fourth-order valence-corrected chi connectivity index (χ4v) is 1.99. The second-order valence-electron chi connectivity index (χ2n) is 3.98. The van der Waals surface area contributed by atoms with E-state index in [2.05, 4.69) is 27.4 Å². The standard InChI is InChI=1S/C12H14N4O2S/c1-7(19-2)8-4-3-5-9(6-8)13-11(17)10-14-12(18)16-15-10/h3-7H,1-2H3,(H,13,17)(H2,14,15,16,18)/t7-/m1/s1. The molecule has 0 radical (unpaired) electrons. The van der Waals surface area contributed by atoms with Crippen LogP contribution in [-0.4, -0.2) is 27.3 Å². The van der Waals surface area contributed by atoms with Crippen molar-refractivity contribution in [3.8, 4) is 0 Å². The number of nitrogens with one attached hydrogen (secondary N) is 3. The normalized spacial score (nSPS) is 12.1. The van der Waals surface area contributed by atoms with Crippen molar-refractivity contribution in [1.29, 1.82) is 0 Å². The molecule has 0 aliphatic rings. The lowest BCUT2D eigenvalue weighted by Gasteiger charge is -2.10. The van der Waals surface area contributed by atoms with Gasteiger partial charge in [0.2, 0.25) is 5.82 Å². The molecule has 1 aromatic heterocycles. The van der Waals surface area contributed by atoms with Gasteiger partial charge in [-0.25, -0.2) is 9.89 Å². The smallest absolute Gasteiger partial charge is 0.319 e. The van der Waals surface area contributed by atoms with Crippen molar-refractivity contribution in [3.63, 3.8) is 0 Å². The summed E-state index contributed by atoms with van der Waals surface area (Å²) in [6, 6.07) is 7.58. The van der Waals surface area contributed by atoms with E-state index in [1.54, 1.807) is 17.8 Å². The Bertz CT molecular complexity index is 634. The molecule has 0 saturated heterocycles. The molecule has 0 saturated carbocycles. The molecule has 0 unspecified atom stereocenters. The van der Waals surface area contributed by atoms with E-state index in [9.17, 15) is 9.59 Å². The molecule has 0 fully saturated rings. The molecular formula is C12H14N4O2S. The van der Waals surface area contributed by atoms with Crippen molar-refractivity contribution < 1.29 is 4.79 Å². The molecular weight excluding hydrogens is 264 g/mol. The number of nitrogens with zero attached hydrogens (tertiary/aromatic N) is 1. The molecule has 0 aliphatic heterocycles. The maximum Gasteiger partial charge on any atom is 0.341 e. The lowest BCUT2D eigenvalue weighted by Crippen LogP contribution is -2.15. The van der Waals surface area contributed by atoms with E-state index in [0.717, 1.165) is 5.56 Å². The minimum atomic E-state index is -0.505. The highest BCUT2D eigenvalue weighted by molar-refractivity contribution is 7.98. The lowest BCUT2D eigenvalue weighted by atomic mass is 10.1. The molecule has 3 N–H and O–H groups in total. The summed E-state index contributed by atoms with van der Waals surface area (Å²) in [5.41, 5.74) is 1.29. The molecule has 1 amide bonds. The van der Waals surface area contributed by atoms with E-state index < -0.39 is 11.6 Å². The number of amides is 1. The van der Waals surface area contributed by atoms with Gasteiger partial charge in [0.15, 0.2) is 0 Å². The van der Waals surface area contributed by atoms with Crippen LogP contribution >= 0.6 is 11.8 Å². The van der Waals surface area contributed by atoms with E-state index in [4.69, 9.17) is 0 Å². The van der Waals surface area contributed by atoms with Crippen molar-refractivity contribution in [3.05, 3.63) is 46.1 Å². The van der Waals surface area contributed by atoms with Crippen LogP contribution in [-0.2, 0) is 0 Å². The summed E-state index contributed by atoms with van der Waals surface area (Å²) in [6.45, 7) is 2.09. The summed E-state index contributed by atoms with van der Waals surface area (Å²) in [6.07, 6.45) is 2.03. The number of H-pyrrole nitrogens is 2. The van der Waals surface area contributed by atoms with Gasteiger partial charge in [0.25, 0.3) is 5.91 Å². The first-order valence-electron chi connectivity index (χ1n) is 5.69. The monoisotopic (exact) mass is 278 g/mol. The van der Waals surface area contributed by atoms with E-state index in [1.807, 2.05) is 24.5 Å². The topological polar surface area (TPSA) is 90.6 Å². The number of aromatic amines is 2. The van der Waals surface area contributed by atoms with Gasteiger partial charge >= 0.3 is 5.69 Å². The average molecular weight is 278 g/mol. The zero-order valence-corrected chi connectivity index (χ0v) is 11.4. The Morgan fingerprint density at radius 2 is 2.26 bits per heavy atom. The zero-order chi connectivity index (χ0) is 13.8. The van der Waals surface area contributed by atoms with Crippen LogP contribution in [0.4, 0.5) is 5.69 Å². The van der Waals surface area contributed by atoms with Gasteiger partial charge in [0, 0.05) is 10.9 Å². The van der Waals surface area contributed by atoms with Gasteiger partial charge in [-0.15, -0.1) is 5.10 Å². The number of hydrogen-bond donors (Lipinski definition) is 3. The molecule has 1 aromatic carbocycles. The highest BCUT2D eigenvalue weighted by Gasteiger charge is 2.11. The number of carbonyl (C=O) groups is 1. The Morgan fingerprint density at radius 3 is 2.89 bits per heavy atom. The minimum absolute atomic E-state index is 0.0340. The van der Waals surface area contributed by atoms with Crippen LogP contribution in [0.25, 0.3) is 0 Å². The minimum Gasteiger partial charge on any atom is -0.319 e. The van der Waals surface area contributed by atoms with E-state index >= 15 is 0 Å². The first-order chi connectivity index (χ1) is 9.10. The summed E-state index contributed by atoms with van der Waals surface area (Å²) >= 11 is 1.73. The van der Waals surface area contributed by atoms with Gasteiger partial charge in [0.1, 0.15) is 0 Å². The molecule has 6 nitrogen and oxygen atoms in total. The number of hydrogen-bond acceptors (Lipinski definition) is 4. The van der Waals surface area contributed by atoms with E-state index in [-0.39, 0.29) is 5.82 Å². The number of benzene rings is 1. The highest BCUT2D eigenvalue weighted by atomic mass is 32.2. The fourth-order valence-electron chi connectivity index (χ4n) is 1.57. The second-order valence-corrected chi connectivity index (χ2v) is 5.16. The van der Waals surface area contributed by atoms with Crippen molar-refractivity contribution >= 4 is 23.4 Å². The van der Waals surface area contributed by atoms with Crippen LogP contribution in [0, 0.1) is 0 Å². The molecule has 1 atom stereocenters.